The summed E-state index contributed by atoms with van der Waals surface area (Å²) in [5.74, 6) is -0.223. The summed E-state index contributed by atoms with van der Waals surface area (Å²) in [4.78, 5) is 0. The number of halogens is 1. The van der Waals surface area contributed by atoms with E-state index < -0.39 is 0 Å². The lowest BCUT2D eigenvalue weighted by Crippen LogP contribution is -2.28. The van der Waals surface area contributed by atoms with Crippen LogP contribution < -0.4 is 5.32 Å². The Labute approximate surface area is 77.4 Å². The molecule has 0 spiro atoms. The number of rotatable bonds is 4. The first-order chi connectivity index (χ1) is 6.22. The van der Waals surface area contributed by atoms with E-state index in [1.807, 2.05) is 6.92 Å². The topological polar surface area (TPSA) is 32.3 Å². The fourth-order valence-electron chi connectivity index (χ4n) is 0.959. The zero-order chi connectivity index (χ0) is 9.68. The van der Waals surface area contributed by atoms with Gasteiger partial charge in [0.2, 0.25) is 0 Å². The van der Waals surface area contributed by atoms with Gasteiger partial charge in [0.15, 0.2) is 0 Å². The first-order valence-electron chi connectivity index (χ1n) is 4.31. The molecule has 0 aliphatic heterocycles. The summed E-state index contributed by atoms with van der Waals surface area (Å²) in [5, 5.41) is 11.8. The molecule has 2 nitrogen and oxygen atoms in total. The third kappa shape index (κ3) is 3.53. The van der Waals surface area contributed by atoms with Gasteiger partial charge in [-0.3, -0.25) is 0 Å². The highest BCUT2D eigenvalue weighted by Gasteiger charge is 1.98. The number of aliphatic hydroxyl groups is 1. The highest BCUT2D eigenvalue weighted by atomic mass is 19.1. The number of hydrogen-bond acceptors (Lipinski definition) is 2. The normalized spacial score (nSPS) is 12.8. The maximum absolute atomic E-state index is 12.5. The molecule has 0 saturated carbocycles. The van der Waals surface area contributed by atoms with Crippen LogP contribution in [0.5, 0.6) is 0 Å². The van der Waals surface area contributed by atoms with E-state index in [1.165, 1.54) is 12.1 Å². The summed E-state index contributed by atoms with van der Waals surface area (Å²) in [5.41, 5.74) is 1.02. The average molecular weight is 183 g/mol. The molecule has 1 unspecified atom stereocenters. The summed E-state index contributed by atoms with van der Waals surface area (Å²) < 4.78 is 12.5. The first-order valence-corrected chi connectivity index (χ1v) is 4.31. The molecule has 0 bridgehead atoms. The fourth-order valence-corrected chi connectivity index (χ4v) is 0.959. The molecule has 2 N–H and O–H groups in total. The van der Waals surface area contributed by atoms with Crippen molar-refractivity contribution in [1.82, 2.24) is 5.32 Å². The molecule has 0 radical (unpaired) electrons. The predicted molar refractivity (Wildman–Crippen MR) is 49.8 cm³/mol. The lowest BCUT2D eigenvalue weighted by atomic mass is 10.2. The molecule has 13 heavy (non-hydrogen) atoms. The molecule has 0 fully saturated rings. The van der Waals surface area contributed by atoms with Crippen molar-refractivity contribution in [3.05, 3.63) is 35.6 Å². The van der Waals surface area contributed by atoms with Gasteiger partial charge in [0.1, 0.15) is 5.82 Å². The Hall–Kier alpha value is -0.930. The first kappa shape index (κ1) is 10.2. The van der Waals surface area contributed by atoms with Gasteiger partial charge in [0.25, 0.3) is 0 Å². The number of hydrogen-bond donors (Lipinski definition) is 2. The molecule has 1 aromatic rings. The molecule has 0 heterocycles. The van der Waals surface area contributed by atoms with E-state index in [-0.39, 0.29) is 18.5 Å². The Kier molecular flexibility index (Phi) is 3.86. The maximum atomic E-state index is 12.5. The van der Waals surface area contributed by atoms with Gasteiger partial charge in [-0.1, -0.05) is 12.1 Å². The Morgan fingerprint density at radius 2 is 2.00 bits per heavy atom. The zero-order valence-corrected chi connectivity index (χ0v) is 7.63. The zero-order valence-electron chi connectivity index (χ0n) is 7.63. The van der Waals surface area contributed by atoms with Crippen LogP contribution in [0.2, 0.25) is 0 Å². The SMILES string of the molecule is CC(CO)NCc1ccc(F)cc1. The highest BCUT2D eigenvalue weighted by Crippen LogP contribution is 2.02. The smallest absolute Gasteiger partial charge is 0.123 e. The van der Waals surface area contributed by atoms with Crippen molar-refractivity contribution >= 4 is 0 Å². The highest BCUT2D eigenvalue weighted by molar-refractivity contribution is 5.15. The van der Waals surface area contributed by atoms with E-state index >= 15 is 0 Å². The van der Waals surface area contributed by atoms with E-state index in [1.54, 1.807) is 12.1 Å². The number of benzene rings is 1. The van der Waals surface area contributed by atoms with Crippen molar-refractivity contribution in [3.8, 4) is 0 Å². The molecule has 1 atom stereocenters. The van der Waals surface area contributed by atoms with E-state index in [4.69, 9.17) is 5.11 Å². The minimum absolute atomic E-state index is 0.0741. The second kappa shape index (κ2) is 4.94. The molecule has 0 saturated heterocycles. The van der Waals surface area contributed by atoms with Crippen molar-refractivity contribution < 1.29 is 9.50 Å². The molecule has 3 heteroatoms. The predicted octanol–water partition coefficient (Wildman–Crippen LogP) is 1.30. The van der Waals surface area contributed by atoms with Crippen LogP contribution in [-0.2, 0) is 6.54 Å². The van der Waals surface area contributed by atoms with Gasteiger partial charge in [0, 0.05) is 12.6 Å². The van der Waals surface area contributed by atoms with Crippen molar-refractivity contribution in [1.29, 1.82) is 0 Å². The molecular weight excluding hydrogens is 169 g/mol. The Morgan fingerprint density at radius 1 is 1.38 bits per heavy atom. The van der Waals surface area contributed by atoms with Crippen molar-refractivity contribution in [2.75, 3.05) is 6.61 Å². The van der Waals surface area contributed by atoms with Crippen LogP contribution in [0, 0.1) is 5.82 Å². The summed E-state index contributed by atoms with van der Waals surface area (Å²) in [6, 6.07) is 6.39. The van der Waals surface area contributed by atoms with E-state index in [9.17, 15) is 4.39 Å². The second-order valence-electron chi connectivity index (χ2n) is 3.09. The van der Waals surface area contributed by atoms with Crippen LogP contribution in [0.15, 0.2) is 24.3 Å². The molecule has 0 amide bonds. The number of aliphatic hydroxyl groups excluding tert-OH is 1. The minimum atomic E-state index is -0.223. The fraction of sp³-hybridized carbons (Fsp3) is 0.400. The van der Waals surface area contributed by atoms with Gasteiger partial charge >= 0.3 is 0 Å². The van der Waals surface area contributed by atoms with Gasteiger partial charge in [-0.25, -0.2) is 4.39 Å². The third-order valence-corrected chi connectivity index (χ3v) is 1.84. The molecular formula is C10H14FNO. The van der Waals surface area contributed by atoms with Gasteiger partial charge < -0.3 is 10.4 Å². The third-order valence-electron chi connectivity index (χ3n) is 1.84. The van der Waals surface area contributed by atoms with Crippen LogP contribution in [-0.4, -0.2) is 17.8 Å². The number of nitrogens with one attached hydrogen (secondary N) is 1. The molecule has 1 aromatic carbocycles. The summed E-state index contributed by atoms with van der Waals surface area (Å²) in [6.07, 6.45) is 0. The quantitative estimate of drug-likeness (QED) is 0.737. The van der Waals surface area contributed by atoms with Crippen LogP contribution in [0.25, 0.3) is 0 Å². The second-order valence-corrected chi connectivity index (χ2v) is 3.09. The van der Waals surface area contributed by atoms with Crippen LogP contribution in [0.4, 0.5) is 4.39 Å². The monoisotopic (exact) mass is 183 g/mol. The van der Waals surface area contributed by atoms with Crippen molar-refractivity contribution in [2.24, 2.45) is 0 Å². The molecule has 1 rings (SSSR count). The van der Waals surface area contributed by atoms with Gasteiger partial charge in [-0.15, -0.1) is 0 Å². The molecule has 0 aliphatic rings. The largest absolute Gasteiger partial charge is 0.395 e. The summed E-state index contributed by atoms with van der Waals surface area (Å²) >= 11 is 0. The van der Waals surface area contributed by atoms with Gasteiger partial charge in [-0.2, -0.15) is 0 Å². The van der Waals surface area contributed by atoms with E-state index in [0.29, 0.717) is 6.54 Å². The average Bonchev–Trinajstić information content (AvgIpc) is 2.16. The Bertz CT molecular complexity index is 248. The Morgan fingerprint density at radius 3 is 2.54 bits per heavy atom. The minimum Gasteiger partial charge on any atom is -0.395 e. The molecule has 72 valence electrons. The van der Waals surface area contributed by atoms with E-state index in [0.717, 1.165) is 5.56 Å². The van der Waals surface area contributed by atoms with Gasteiger partial charge in [-0.05, 0) is 24.6 Å². The maximum Gasteiger partial charge on any atom is 0.123 e. The lowest BCUT2D eigenvalue weighted by molar-refractivity contribution is 0.251. The molecule has 0 aromatic heterocycles. The van der Waals surface area contributed by atoms with Crippen molar-refractivity contribution in [2.45, 2.75) is 19.5 Å². The standard InChI is InChI=1S/C10H14FNO/c1-8(7-13)12-6-9-2-4-10(11)5-3-9/h2-5,8,12-13H,6-7H2,1H3. The van der Waals surface area contributed by atoms with Crippen LogP contribution in [0.1, 0.15) is 12.5 Å². The van der Waals surface area contributed by atoms with Crippen LogP contribution in [0.3, 0.4) is 0 Å². The summed E-state index contributed by atoms with van der Waals surface area (Å²) in [7, 11) is 0. The lowest BCUT2D eigenvalue weighted by Gasteiger charge is -2.10. The van der Waals surface area contributed by atoms with Crippen LogP contribution >= 0.6 is 0 Å². The summed E-state index contributed by atoms with van der Waals surface area (Å²) in [6.45, 7) is 2.66. The van der Waals surface area contributed by atoms with Gasteiger partial charge in [0.05, 0.1) is 6.61 Å². The van der Waals surface area contributed by atoms with E-state index in [2.05, 4.69) is 5.32 Å². The Balaban J connectivity index is 2.41. The molecule has 0 aliphatic carbocycles. The van der Waals surface area contributed by atoms with Crippen molar-refractivity contribution in [3.63, 3.8) is 0 Å².